The Balaban J connectivity index is 2.21. The van der Waals surface area contributed by atoms with Gasteiger partial charge >= 0.3 is 0 Å². The number of rotatable bonds is 3. The number of nitrogens with one attached hydrogen (secondary N) is 1. The maximum atomic E-state index is 11.3. The molecular formula is C10H19NOS. The molecule has 0 aliphatic heterocycles. The monoisotopic (exact) mass is 201 g/mol. The molecular weight excluding hydrogens is 182 g/mol. The quantitative estimate of drug-likeness (QED) is 0.531. The molecule has 0 unspecified atom stereocenters. The third kappa shape index (κ3) is 4.55. The van der Waals surface area contributed by atoms with Crippen molar-refractivity contribution in [1.82, 2.24) is 5.32 Å². The maximum Gasteiger partial charge on any atom is 0.221 e. The molecule has 1 rings (SSSR count). The molecule has 1 saturated carbocycles. The molecule has 0 spiro atoms. The van der Waals surface area contributed by atoms with Crippen LogP contribution >= 0.6 is 12.6 Å². The third-order valence-corrected chi connectivity index (χ3v) is 2.78. The Morgan fingerprint density at radius 2 is 1.85 bits per heavy atom. The molecule has 0 radical (unpaired) electrons. The first-order chi connectivity index (χ1) is 6.33. The first kappa shape index (κ1) is 10.9. The van der Waals surface area contributed by atoms with Crippen LogP contribution in [-0.2, 0) is 4.79 Å². The first-order valence-electron chi connectivity index (χ1n) is 5.23. The van der Waals surface area contributed by atoms with Crippen LogP contribution in [0.15, 0.2) is 0 Å². The summed E-state index contributed by atoms with van der Waals surface area (Å²) in [5.41, 5.74) is 0. The van der Waals surface area contributed by atoms with Crippen molar-refractivity contribution in [3.63, 3.8) is 0 Å². The van der Waals surface area contributed by atoms with Gasteiger partial charge in [-0.1, -0.05) is 25.7 Å². The van der Waals surface area contributed by atoms with Crippen LogP contribution in [-0.4, -0.2) is 17.7 Å². The van der Waals surface area contributed by atoms with Crippen molar-refractivity contribution in [1.29, 1.82) is 0 Å². The Morgan fingerprint density at radius 3 is 2.38 bits per heavy atom. The molecule has 1 amide bonds. The van der Waals surface area contributed by atoms with Crippen molar-refractivity contribution in [2.45, 2.75) is 51.0 Å². The van der Waals surface area contributed by atoms with E-state index in [9.17, 15) is 4.79 Å². The zero-order valence-electron chi connectivity index (χ0n) is 8.09. The summed E-state index contributed by atoms with van der Waals surface area (Å²) in [6, 6.07) is 0.440. The Morgan fingerprint density at radius 1 is 1.23 bits per heavy atom. The standard InChI is InChI=1S/C10H19NOS/c12-10(7-8-13)11-9-5-3-1-2-4-6-9/h9,13H,1-8H2,(H,11,12). The van der Waals surface area contributed by atoms with Crippen molar-refractivity contribution in [2.75, 3.05) is 5.75 Å². The minimum Gasteiger partial charge on any atom is -0.353 e. The summed E-state index contributed by atoms with van der Waals surface area (Å²) >= 11 is 4.04. The lowest BCUT2D eigenvalue weighted by molar-refractivity contribution is -0.121. The number of carbonyl (C=O) groups excluding carboxylic acids is 1. The lowest BCUT2D eigenvalue weighted by atomic mass is 10.1. The molecule has 1 aliphatic rings. The highest BCUT2D eigenvalue weighted by atomic mass is 32.1. The second kappa shape index (κ2) is 6.30. The van der Waals surface area contributed by atoms with Gasteiger partial charge < -0.3 is 5.32 Å². The van der Waals surface area contributed by atoms with E-state index in [0.717, 1.165) is 12.8 Å². The van der Waals surface area contributed by atoms with Gasteiger partial charge in [0, 0.05) is 12.5 Å². The molecule has 3 heteroatoms. The third-order valence-electron chi connectivity index (χ3n) is 2.56. The fourth-order valence-corrected chi connectivity index (χ4v) is 2.03. The van der Waals surface area contributed by atoms with Crippen LogP contribution in [0.3, 0.4) is 0 Å². The number of amides is 1. The largest absolute Gasteiger partial charge is 0.353 e. The van der Waals surface area contributed by atoms with Crippen LogP contribution in [0, 0.1) is 0 Å². The first-order valence-corrected chi connectivity index (χ1v) is 5.86. The van der Waals surface area contributed by atoms with Gasteiger partial charge in [0.15, 0.2) is 0 Å². The minimum atomic E-state index is 0.168. The van der Waals surface area contributed by atoms with E-state index in [0.29, 0.717) is 18.2 Å². The predicted octanol–water partition coefficient (Wildman–Crippen LogP) is 2.15. The molecule has 0 bridgehead atoms. The van der Waals surface area contributed by atoms with E-state index in [1.54, 1.807) is 0 Å². The molecule has 0 aromatic heterocycles. The van der Waals surface area contributed by atoms with E-state index in [2.05, 4.69) is 17.9 Å². The van der Waals surface area contributed by atoms with E-state index in [1.807, 2.05) is 0 Å². The lowest BCUT2D eigenvalue weighted by Gasteiger charge is -2.15. The van der Waals surface area contributed by atoms with Gasteiger partial charge in [-0.2, -0.15) is 12.6 Å². The zero-order valence-corrected chi connectivity index (χ0v) is 8.98. The van der Waals surface area contributed by atoms with Crippen LogP contribution in [0.4, 0.5) is 0 Å². The SMILES string of the molecule is O=C(CCS)NC1CCCCCC1. The summed E-state index contributed by atoms with van der Waals surface area (Å²) in [7, 11) is 0. The van der Waals surface area contributed by atoms with Crippen molar-refractivity contribution in [2.24, 2.45) is 0 Å². The Kier molecular flexibility index (Phi) is 5.28. The van der Waals surface area contributed by atoms with Gasteiger partial charge in [0.2, 0.25) is 5.91 Å². The Labute approximate surface area is 85.9 Å². The molecule has 76 valence electrons. The average Bonchev–Trinajstić information content (AvgIpc) is 2.33. The van der Waals surface area contributed by atoms with Gasteiger partial charge in [-0.05, 0) is 18.6 Å². The molecule has 0 heterocycles. The fourth-order valence-electron chi connectivity index (χ4n) is 1.83. The Bertz CT molecular complexity index is 153. The summed E-state index contributed by atoms with van der Waals surface area (Å²) in [5, 5.41) is 3.07. The van der Waals surface area contributed by atoms with Gasteiger partial charge in [0.05, 0.1) is 0 Å². The van der Waals surface area contributed by atoms with Gasteiger partial charge in [-0.3, -0.25) is 4.79 Å². The molecule has 2 nitrogen and oxygen atoms in total. The molecule has 0 aromatic carbocycles. The maximum absolute atomic E-state index is 11.3. The molecule has 1 N–H and O–H groups in total. The minimum absolute atomic E-state index is 0.168. The highest BCUT2D eigenvalue weighted by molar-refractivity contribution is 7.80. The highest BCUT2D eigenvalue weighted by Crippen LogP contribution is 2.17. The van der Waals surface area contributed by atoms with Gasteiger partial charge in [0.1, 0.15) is 0 Å². The van der Waals surface area contributed by atoms with Crippen molar-refractivity contribution in [3.8, 4) is 0 Å². The Hall–Kier alpha value is -0.180. The summed E-state index contributed by atoms with van der Waals surface area (Å²) in [4.78, 5) is 11.3. The number of carbonyl (C=O) groups is 1. The van der Waals surface area contributed by atoms with Crippen LogP contribution in [0.25, 0.3) is 0 Å². The van der Waals surface area contributed by atoms with Crippen molar-refractivity contribution in [3.05, 3.63) is 0 Å². The van der Waals surface area contributed by atoms with Crippen LogP contribution in [0.2, 0.25) is 0 Å². The average molecular weight is 201 g/mol. The van der Waals surface area contributed by atoms with Crippen molar-refractivity contribution >= 4 is 18.5 Å². The molecule has 1 fully saturated rings. The molecule has 0 atom stereocenters. The normalized spacial score (nSPS) is 19.5. The van der Waals surface area contributed by atoms with E-state index >= 15 is 0 Å². The smallest absolute Gasteiger partial charge is 0.221 e. The van der Waals surface area contributed by atoms with E-state index in [1.165, 1.54) is 25.7 Å². The summed E-state index contributed by atoms with van der Waals surface area (Å²) in [6.07, 6.45) is 8.09. The van der Waals surface area contributed by atoms with E-state index < -0.39 is 0 Å². The van der Waals surface area contributed by atoms with Crippen LogP contribution < -0.4 is 5.32 Å². The topological polar surface area (TPSA) is 29.1 Å². The van der Waals surface area contributed by atoms with Gasteiger partial charge in [-0.15, -0.1) is 0 Å². The number of hydrogen-bond acceptors (Lipinski definition) is 2. The van der Waals surface area contributed by atoms with Crippen molar-refractivity contribution < 1.29 is 4.79 Å². The van der Waals surface area contributed by atoms with Crippen LogP contribution in [0.1, 0.15) is 44.9 Å². The molecule has 0 saturated heterocycles. The van der Waals surface area contributed by atoms with E-state index in [4.69, 9.17) is 0 Å². The molecule has 1 aliphatic carbocycles. The summed E-state index contributed by atoms with van der Waals surface area (Å²) < 4.78 is 0. The summed E-state index contributed by atoms with van der Waals surface area (Å²) in [6.45, 7) is 0. The summed E-state index contributed by atoms with van der Waals surface area (Å²) in [5.74, 6) is 0.820. The van der Waals surface area contributed by atoms with Gasteiger partial charge in [0.25, 0.3) is 0 Å². The lowest BCUT2D eigenvalue weighted by Crippen LogP contribution is -2.34. The molecule has 13 heavy (non-hydrogen) atoms. The number of thiol groups is 1. The second-order valence-electron chi connectivity index (χ2n) is 3.73. The zero-order chi connectivity index (χ0) is 9.52. The highest BCUT2D eigenvalue weighted by Gasteiger charge is 2.13. The predicted molar refractivity (Wildman–Crippen MR) is 58.1 cm³/mol. The fraction of sp³-hybridized carbons (Fsp3) is 0.900. The van der Waals surface area contributed by atoms with Crippen LogP contribution in [0.5, 0.6) is 0 Å². The second-order valence-corrected chi connectivity index (χ2v) is 4.18. The number of hydrogen-bond donors (Lipinski definition) is 2. The van der Waals surface area contributed by atoms with Gasteiger partial charge in [-0.25, -0.2) is 0 Å². The van der Waals surface area contributed by atoms with E-state index in [-0.39, 0.29) is 5.91 Å². The molecule has 0 aromatic rings.